The fourth-order valence-electron chi connectivity index (χ4n) is 1.61. The van der Waals surface area contributed by atoms with Crippen LogP contribution in [0, 0.1) is 0 Å². The molecule has 1 aromatic rings. The summed E-state index contributed by atoms with van der Waals surface area (Å²) in [5.41, 5.74) is 1.86. The third-order valence-electron chi connectivity index (χ3n) is 2.81. The van der Waals surface area contributed by atoms with E-state index in [0.717, 1.165) is 60.1 Å². The Labute approximate surface area is 126 Å². The number of rotatable bonds is 8. The lowest BCUT2D eigenvalue weighted by Crippen LogP contribution is -2.25. The molecule has 1 aromatic heterocycles. The monoisotopic (exact) mass is 297 g/mol. The maximum Gasteiger partial charge on any atom is 0.123 e. The highest BCUT2D eigenvalue weighted by Gasteiger charge is 2.07. The van der Waals surface area contributed by atoms with Crippen LogP contribution in [0.15, 0.2) is 12.1 Å². The summed E-state index contributed by atoms with van der Waals surface area (Å²) in [5.74, 6) is 0. The number of aromatic amines is 1. The van der Waals surface area contributed by atoms with Gasteiger partial charge in [-0.1, -0.05) is 51.1 Å². The zero-order chi connectivity index (χ0) is 14.1. The molecule has 1 rings (SSSR count). The molecule has 0 unspecified atom stereocenters. The van der Waals surface area contributed by atoms with Crippen molar-refractivity contribution in [2.45, 2.75) is 39.5 Å². The zero-order valence-electron chi connectivity index (χ0n) is 11.7. The summed E-state index contributed by atoms with van der Waals surface area (Å²) in [6.07, 6.45) is 4.59. The quantitative estimate of drug-likeness (QED) is 0.509. The minimum Gasteiger partial charge on any atom is -0.375 e. The molecule has 0 aliphatic rings. The molecule has 0 aromatic carbocycles. The smallest absolute Gasteiger partial charge is 0.123 e. The summed E-state index contributed by atoms with van der Waals surface area (Å²) in [4.78, 5) is 4.78. The van der Waals surface area contributed by atoms with Crippen molar-refractivity contribution >= 4 is 34.4 Å². The predicted octanol–water partition coefficient (Wildman–Crippen LogP) is 3.15. The highest BCUT2D eigenvalue weighted by molar-refractivity contribution is 7.81. The molecule has 5 heteroatoms. The van der Waals surface area contributed by atoms with Gasteiger partial charge >= 0.3 is 0 Å². The van der Waals surface area contributed by atoms with Gasteiger partial charge in [0.25, 0.3) is 0 Å². The topological polar surface area (TPSA) is 39.8 Å². The Morgan fingerprint density at radius 2 is 1.37 bits per heavy atom. The SMILES string of the molecule is CCCCNC(=S)c1ccc(C(=S)NCCCC)[nH]1. The van der Waals surface area contributed by atoms with E-state index in [2.05, 4.69) is 29.5 Å². The fourth-order valence-corrected chi connectivity index (χ4v) is 2.05. The fraction of sp³-hybridized carbons (Fsp3) is 0.571. The van der Waals surface area contributed by atoms with E-state index in [0.29, 0.717) is 0 Å². The van der Waals surface area contributed by atoms with E-state index in [1.54, 1.807) is 0 Å². The average molecular weight is 297 g/mol. The molecule has 19 heavy (non-hydrogen) atoms. The van der Waals surface area contributed by atoms with Crippen molar-refractivity contribution in [3.63, 3.8) is 0 Å². The van der Waals surface area contributed by atoms with Gasteiger partial charge in [-0.25, -0.2) is 0 Å². The first-order valence-electron chi connectivity index (χ1n) is 6.94. The van der Waals surface area contributed by atoms with Crippen LogP contribution in [0.5, 0.6) is 0 Å². The lowest BCUT2D eigenvalue weighted by atomic mass is 10.3. The van der Waals surface area contributed by atoms with Crippen LogP contribution in [0.3, 0.4) is 0 Å². The summed E-state index contributed by atoms with van der Waals surface area (Å²) in [7, 11) is 0. The van der Waals surface area contributed by atoms with Crippen LogP contribution in [0.25, 0.3) is 0 Å². The molecule has 0 spiro atoms. The van der Waals surface area contributed by atoms with E-state index in [4.69, 9.17) is 24.4 Å². The van der Waals surface area contributed by atoms with Gasteiger partial charge in [0.05, 0.1) is 11.4 Å². The van der Waals surface area contributed by atoms with Crippen LogP contribution >= 0.6 is 24.4 Å². The van der Waals surface area contributed by atoms with Crippen LogP contribution in [-0.2, 0) is 0 Å². The molecular formula is C14H23N3S2. The van der Waals surface area contributed by atoms with Crippen LogP contribution in [0.4, 0.5) is 0 Å². The molecule has 0 bridgehead atoms. The molecule has 0 saturated heterocycles. The Balaban J connectivity index is 2.46. The molecule has 3 nitrogen and oxygen atoms in total. The minimum absolute atomic E-state index is 0.760. The molecule has 0 fully saturated rings. The number of hydrogen-bond donors (Lipinski definition) is 3. The normalized spacial score (nSPS) is 10.2. The second-order valence-corrected chi connectivity index (χ2v) is 5.32. The molecule has 0 radical (unpaired) electrons. The minimum atomic E-state index is 0.760. The number of H-pyrrole nitrogens is 1. The van der Waals surface area contributed by atoms with E-state index in [1.165, 1.54) is 0 Å². The Morgan fingerprint density at radius 1 is 0.947 bits per heavy atom. The van der Waals surface area contributed by atoms with E-state index in [1.807, 2.05) is 12.1 Å². The van der Waals surface area contributed by atoms with Crippen LogP contribution in [0.1, 0.15) is 50.9 Å². The Morgan fingerprint density at radius 3 is 1.74 bits per heavy atom. The first-order valence-corrected chi connectivity index (χ1v) is 7.76. The van der Waals surface area contributed by atoms with Gasteiger partial charge in [-0.3, -0.25) is 0 Å². The third-order valence-corrected chi connectivity index (χ3v) is 3.54. The summed E-state index contributed by atoms with van der Waals surface area (Å²) >= 11 is 10.7. The number of unbranched alkanes of at least 4 members (excludes halogenated alkanes) is 2. The van der Waals surface area contributed by atoms with Gasteiger partial charge in [0.15, 0.2) is 0 Å². The van der Waals surface area contributed by atoms with Crippen molar-refractivity contribution < 1.29 is 0 Å². The molecule has 3 N–H and O–H groups in total. The average Bonchev–Trinajstić information content (AvgIpc) is 2.89. The molecule has 106 valence electrons. The van der Waals surface area contributed by atoms with Gasteiger partial charge in [0.2, 0.25) is 0 Å². The molecular weight excluding hydrogens is 274 g/mol. The second kappa shape index (κ2) is 9.04. The molecule has 0 atom stereocenters. The van der Waals surface area contributed by atoms with Crippen molar-refractivity contribution in [3.05, 3.63) is 23.5 Å². The van der Waals surface area contributed by atoms with E-state index < -0.39 is 0 Å². The maximum absolute atomic E-state index is 5.33. The van der Waals surface area contributed by atoms with Gasteiger partial charge in [-0.2, -0.15) is 0 Å². The third kappa shape index (κ3) is 5.70. The number of nitrogens with one attached hydrogen (secondary N) is 3. The number of hydrogen-bond acceptors (Lipinski definition) is 2. The first kappa shape index (κ1) is 16.1. The molecule has 0 amide bonds. The van der Waals surface area contributed by atoms with Crippen molar-refractivity contribution in [3.8, 4) is 0 Å². The number of thiocarbonyl (C=S) groups is 2. The van der Waals surface area contributed by atoms with Crippen molar-refractivity contribution in [2.24, 2.45) is 0 Å². The molecule has 0 aliphatic carbocycles. The lowest BCUT2D eigenvalue weighted by Gasteiger charge is -2.06. The van der Waals surface area contributed by atoms with Crippen molar-refractivity contribution in [2.75, 3.05) is 13.1 Å². The van der Waals surface area contributed by atoms with Gasteiger partial charge in [-0.15, -0.1) is 0 Å². The van der Waals surface area contributed by atoms with Crippen LogP contribution in [0.2, 0.25) is 0 Å². The first-order chi connectivity index (χ1) is 9.19. The second-order valence-electron chi connectivity index (χ2n) is 4.50. The predicted molar refractivity (Wildman–Crippen MR) is 90.0 cm³/mol. The lowest BCUT2D eigenvalue weighted by molar-refractivity contribution is 0.757. The molecule has 0 aliphatic heterocycles. The largest absolute Gasteiger partial charge is 0.375 e. The standard InChI is InChI=1S/C14H23N3S2/c1-3-5-9-15-13(18)11-7-8-12(17-11)14(19)16-10-6-4-2/h7-8,17H,3-6,9-10H2,1-2H3,(H,15,18)(H,16,19). The maximum atomic E-state index is 5.33. The molecule has 1 heterocycles. The van der Waals surface area contributed by atoms with E-state index >= 15 is 0 Å². The van der Waals surface area contributed by atoms with Gasteiger partial charge < -0.3 is 15.6 Å². The van der Waals surface area contributed by atoms with Gasteiger partial charge in [0.1, 0.15) is 9.98 Å². The van der Waals surface area contributed by atoms with Crippen LogP contribution in [-0.4, -0.2) is 28.1 Å². The Bertz CT molecular complexity index is 376. The summed E-state index contributed by atoms with van der Waals surface area (Å²) in [6, 6.07) is 3.95. The summed E-state index contributed by atoms with van der Waals surface area (Å²) < 4.78 is 0. The van der Waals surface area contributed by atoms with Crippen molar-refractivity contribution in [1.82, 2.24) is 15.6 Å². The van der Waals surface area contributed by atoms with E-state index in [9.17, 15) is 0 Å². The Hall–Kier alpha value is -0.940. The summed E-state index contributed by atoms with van der Waals surface area (Å²) in [5, 5.41) is 6.48. The zero-order valence-corrected chi connectivity index (χ0v) is 13.3. The molecule has 0 saturated carbocycles. The van der Waals surface area contributed by atoms with Crippen LogP contribution < -0.4 is 10.6 Å². The van der Waals surface area contributed by atoms with Gasteiger partial charge in [-0.05, 0) is 25.0 Å². The van der Waals surface area contributed by atoms with E-state index in [-0.39, 0.29) is 0 Å². The Kier molecular flexibility index (Phi) is 7.67. The highest BCUT2D eigenvalue weighted by atomic mass is 32.1. The van der Waals surface area contributed by atoms with Crippen molar-refractivity contribution in [1.29, 1.82) is 0 Å². The van der Waals surface area contributed by atoms with Gasteiger partial charge in [0, 0.05) is 13.1 Å². The number of aromatic nitrogens is 1. The highest BCUT2D eigenvalue weighted by Crippen LogP contribution is 2.04. The summed E-state index contributed by atoms with van der Waals surface area (Å²) in [6.45, 7) is 6.17.